The molecular formula is C20H30O3. The minimum Gasteiger partial charge on any atom is -0.497 e. The van der Waals surface area contributed by atoms with Crippen LogP contribution in [0.2, 0.25) is 0 Å². The molecule has 3 nitrogen and oxygen atoms in total. The fourth-order valence-electron chi connectivity index (χ4n) is 2.13. The smallest absolute Gasteiger partial charge is 0.118 e. The lowest BCUT2D eigenvalue weighted by Gasteiger charge is -2.04. The summed E-state index contributed by atoms with van der Waals surface area (Å²) in [5.41, 5.74) is 1.14. The van der Waals surface area contributed by atoms with E-state index < -0.39 is 0 Å². The van der Waals surface area contributed by atoms with Crippen molar-refractivity contribution in [2.24, 2.45) is 0 Å². The van der Waals surface area contributed by atoms with Crippen LogP contribution in [0.5, 0.6) is 5.75 Å². The zero-order chi connectivity index (χ0) is 16.8. The molecule has 0 bridgehead atoms. The summed E-state index contributed by atoms with van der Waals surface area (Å²) in [6.45, 7) is 3.47. The van der Waals surface area contributed by atoms with E-state index in [2.05, 4.69) is 13.0 Å². The second-order valence-electron chi connectivity index (χ2n) is 5.57. The van der Waals surface area contributed by atoms with Crippen LogP contribution in [0.25, 0.3) is 0 Å². The van der Waals surface area contributed by atoms with Crippen molar-refractivity contribution in [3.63, 3.8) is 0 Å². The molecule has 1 aromatic rings. The van der Waals surface area contributed by atoms with Crippen LogP contribution >= 0.6 is 0 Å². The SMILES string of the molecule is CCCCC[C@H](O)/C=C/C=C\CCOCc1ccc(OC)cc1. The molecule has 0 heterocycles. The van der Waals surface area contributed by atoms with E-state index in [1.165, 1.54) is 12.8 Å². The van der Waals surface area contributed by atoms with Crippen LogP contribution in [0.3, 0.4) is 0 Å². The number of hydrogen-bond donors (Lipinski definition) is 1. The minimum atomic E-state index is -0.322. The predicted octanol–water partition coefficient (Wildman–Crippen LogP) is 4.66. The van der Waals surface area contributed by atoms with Crippen molar-refractivity contribution >= 4 is 0 Å². The molecule has 1 rings (SSSR count). The molecule has 1 aromatic carbocycles. The number of aliphatic hydroxyl groups is 1. The molecule has 0 saturated carbocycles. The third-order valence-corrected chi connectivity index (χ3v) is 3.54. The van der Waals surface area contributed by atoms with Crippen molar-refractivity contribution in [3.8, 4) is 5.75 Å². The van der Waals surface area contributed by atoms with Gasteiger partial charge in [0.25, 0.3) is 0 Å². The van der Waals surface area contributed by atoms with Crippen LogP contribution in [-0.4, -0.2) is 24.9 Å². The summed E-state index contributed by atoms with van der Waals surface area (Å²) in [6.07, 6.45) is 12.7. The summed E-state index contributed by atoms with van der Waals surface area (Å²) in [6, 6.07) is 7.90. The topological polar surface area (TPSA) is 38.7 Å². The fraction of sp³-hybridized carbons (Fsp3) is 0.500. The maximum absolute atomic E-state index is 9.73. The lowest BCUT2D eigenvalue weighted by molar-refractivity contribution is 0.125. The Hall–Kier alpha value is -1.58. The van der Waals surface area contributed by atoms with E-state index in [0.717, 1.165) is 30.6 Å². The number of allylic oxidation sites excluding steroid dienone is 2. The van der Waals surface area contributed by atoms with Crippen molar-refractivity contribution in [1.82, 2.24) is 0 Å². The van der Waals surface area contributed by atoms with Gasteiger partial charge in [-0.05, 0) is 30.5 Å². The molecule has 1 atom stereocenters. The Kier molecular flexibility index (Phi) is 10.9. The van der Waals surface area contributed by atoms with E-state index in [-0.39, 0.29) is 6.10 Å². The third kappa shape index (κ3) is 9.93. The molecule has 0 fully saturated rings. The highest BCUT2D eigenvalue weighted by molar-refractivity contribution is 5.26. The van der Waals surface area contributed by atoms with Gasteiger partial charge >= 0.3 is 0 Å². The first-order chi connectivity index (χ1) is 11.3. The molecule has 0 aromatic heterocycles. The highest BCUT2D eigenvalue weighted by atomic mass is 16.5. The molecule has 23 heavy (non-hydrogen) atoms. The van der Waals surface area contributed by atoms with E-state index in [1.807, 2.05) is 42.5 Å². The van der Waals surface area contributed by atoms with E-state index in [4.69, 9.17) is 9.47 Å². The largest absolute Gasteiger partial charge is 0.497 e. The summed E-state index contributed by atoms with van der Waals surface area (Å²) < 4.78 is 10.7. The zero-order valence-corrected chi connectivity index (χ0v) is 14.4. The standard InChI is InChI=1S/C20H30O3/c1-3-4-7-10-19(21)11-8-5-6-9-16-23-17-18-12-14-20(22-2)15-13-18/h5-6,8,11-15,19,21H,3-4,7,9-10,16-17H2,1-2H3/b6-5-,11-8+/t19-/m0/s1. The Labute approximate surface area is 140 Å². The summed E-state index contributed by atoms with van der Waals surface area (Å²) in [5, 5.41) is 9.73. The average molecular weight is 318 g/mol. The Bertz CT molecular complexity index is 448. The summed E-state index contributed by atoms with van der Waals surface area (Å²) in [5.74, 6) is 0.861. The van der Waals surface area contributed by atoms with Crippen LogP contribution in [0.1, 0.15) is 44.6 Å². The van der Waals surface area contributed by atoms with Gasteiger partial charge in [0.05, 0.1) is 26.4 Å². The summed E-state index contributed by atoms with van der Waals surface area (Å²) >= 11 is 0. The second kappa shape index (κ2) is 12.9. The van der Waals surface area contributed by atoms with Crippen molar-refractivity contribution in [1.29, 1.82) is 0 Å². The predicted molar refractivity (Wildman–Crippen MR) is 95.7 cm³/mol. The van der Waals surface area contributed by atoms with Crippen LogP contribution in [-0.2, 0) is 11.3 Å². The first-order valence-corrected chi connectivity index (χ1v) is 8.48. The average Bonchev–Trinajstić information content (AvgIpc) is 2.58. The van der Waals surface area contributed by atoms with Gasteiger partial charge in [-0.1, -0.05) is 62.6 Å². The number of unbranched alkanes of at least 4 members (excludes halogenated alkanes) is 2. The molecule has 0 unspecified atom stereocenters. The molecule has 3 heteroatoms. The summed E-state index contributed by atoms with van der Waals surface area (Å²) in [7, 11) is 1.66. The number of benzene rings is 1. The molecule has 1 N–H and O–H groups in total. The Balaban J connectivity index is 2.07. The van der Waals surface area contributed by atoms with Gasteiger partial charge in [0, 0.05) is 0 Å². The van der Waals surface area contributed by atoms with Gasteiger partial charge in [0.2, 0.25) is 0 Å². The van der Waals surface area contributed by atoms with Crippen molar-refractivity contribution in [2.45, 2.75) is 51.7 Å². The number of ether oxygens (including phenoxy) is 2. The highest BCUT2D eigenvalue weighted by Gasteiger charge is 1.97. The van der Waals surface area contributed by atoms with Crippen LogP contribution in [0.4, 0.5) is 0 Å². The maximum atomic E-state index is 9.73. The van der Waals surface area contributed by atoms with E-state index in [1.54, 1.807) is 7.11 Å². The quantitative estimate of drug-likeness (QED) is 0.450. The first-order valence-electron chi connectivity index (χ1n) is 8.48. The third-order valence-electron chi connectivity index (χ3n) is 3.54. The van der Waals surface area contributed by atoms with Crippen molar-refractivity contribution in [2.75, 3.05) is 13.7 Å². The summed E-state index contributed by atoms with van der Waals surface area (Å²) in [4.78, 5) is 0. The van der Waals surface area contributed by atoms with E-state index in [9.17, 15) is 5.11 Å². The second-order valence-corrected chi connectivity index (χ2v) is 5.57. The number of rotatable bonds is 12. The zero-order valence-electron chi connectivity index (χ0n) is 14.4. The number of methoxy groups -OCH3 is 1. The van der Waals surface area contributed by atoms with Gasteiger partial charge in [0.15, 0.2) is 0 Å². The molecule has 0 saturated heterocycles. The van der Waals surface area contributed by atoms with Gasteiger partial charge in [-0.25, -0.2) is 0 Å². The number of aliphatic hydroxyl groups excluding tert-OH is 1. The first kappa shape index (κ1) is 19.5. The van der Waals surface area contributed by atoms with Gasteiger partial charge < -0.3 is 14.6 Å². The highest BCUT2D eigenvalue weighted by Crippen LogP contribution is 2.12. The lowest BCUT2D eigenvalue weighted by atomic mass is 10.1. The van der Waals surface area contributed by atoms with Gasteiger partial charge in [-0.15, -0.1) is 0 Å². The molecule has 0 amide bonds. The molecule has 128 valence electrons. The lowest BCUT2D eigenvalue weighted by Crippen LogP contribution is -2.00. The molecule has 0 spiro atoms. The van der Waals surface area contributed by atoms with E-state index >= 15 is 0 Å². The number of hydrogen-bond acceptors (Lipinski definition) is 3. The van der Waals surface area contributed by atoms with Crippen LogP contribution < -0.4 is 4.74 Å². The Morgan fingerprint density at radius 2 is 1.91 bits per heavy atom. The van der Waals surface area contributed by atoms with E-state index in [0.29, 0.717) is 13.2 Å². The fourth-order valence-corrected chi connectivity index (χ4v) is 2.13. The minimum absolute atomic E-state index is 0.322. The van der Waals surface area contributed by atoms with Crippen molar-refractivity contribution in [3.05, 3.63) is 54.1 Å². The van der Waals surface area contributed by atoms with Gasteiger partial charge in [-0.3, -0.25) is 0 Å². The molecule has 0 radical (unpaired) electrons. The van der Waals surface area contributed by atoms with Crippen LogP contribution in [0.15, 0.2) is 48.6 Å². The van der Waals surface area contributed by atoms with Gasteiger partial charge in [0.1, 0.15) is 5.75 Å². The molecule has 0 aliphatic carbocycles. The van der Waals surface area contributed by atoms with Gasteiger partial charge in [-0.2, -0.15) is 0 Å². The Morgan fingerprint density at radius 3 is 2.61 bits per heavy atom. The normalized spacial score (nSPS) is 13.0. The molecular weight excluding hydrogens is 288 g/mol. The maximum Gasteiger partial charge on any atom is 0.118 e. The van der Waals surface area contributed by atoms with Crippen molar-refractivity contribution < 1.29 is 14.6 Å². The monoisotopic (exact) mass is 318 g/mol. The Morgan fingerprint density at radius 1 is 1.13 bits per heavy atom. The molecule has 0 aliphatic heterocycles. The molecule has 0 aliphatic rings. The van der Waals surface area contributed by atoms with Crippen LogP contribution in [0, 0.1) is 0 Å².